The van der Waals surface area contributed by atoms with Gasteiger partial charge in [0.25, 0.3) is 0 Å². The minimum atomic E-state index is -0.694. The minimum absolute atomic E-state index is 0.140. The number of nitrogens with zero attached hydrogens (tertiary/aromatic N) is 1. The lowest BCUT2D eigenvalue weighted by Crippen LogP contribution is -2.05. The van der Waals surface area contributed by atoms with Crippen molar-refractivity contribution in [2.45, 2.75) is 6.92 Å². The molecule has 0 spiro atoms. The Labute approximate surface area is 138 Å². The van der Waals surface area contributed by atoms with E-state index < -0.39 is 11.9 Å². The highest BCUT2D eigenvalue weighted by atomic mass is 16.5. The zero-order valence-electron chi connectivity index (χ0n) is 13.2. The van der Waals surface area contributed by atoms with Crippen LogP contribution in [-0.2, 0) is 14.3 Å². The molecule has 0 N–H and O–H groups in total. The average Bonchev–Trinajstić information content (AvgIpc) is 3.08. The standard InChI is InChI=1S/C18H15NO5/c1-3-23-18(21)14(11-19)10-15-8-9-16(24-15)12-4-6-13(7-5-12)17(20)22-2/h4-10H,3H2,1-2H3/b14-10+. The van der Waals surface area contributed by atoms with E-state index in [2.05, 4.69) is 4.74 Å². The van der Waals surface area contributed by atoms with Crippen LogP contribution in [0.1, 0.15) is 23.0 Å². The van der Waals surface area contributed by atoms with Crippen molar-refractivity contribution in [3.05, 3.63) is 53.3 Å². The Kier molecular flexibility index (Phi) is 5.53. The van der Waals surface area contributed by atoms with Crippen LogP contribution in [0.3, 0.4) is 0 Å². The highest BCUT2D eigenvalue weighted by molar-refractivity contribution is 5.97. The van der Waals surface area contributed by atoms with Gasteiger partial charge in [-0.1, -0.05) is 12.1 Å². The number of carbonyl (C=O) groups is 2. The van der Waals surface area contributed by atoms with Crippen molar-refractivity contribution < 1.29 is 23.5 Å². The van der Waals surface area contributed by atoms with Gasteiger partial charge in [-0.2, -0.15) is 5.26 Å². The molecule has 2 rings (SSSR count). The van der Waals surface area contributed by atoms with Gasteiger partial charge in [-0.3, -0.25) is 0 Å². The molecule has 0 bridgehead atoms. The van der Waals surface area contributed by atoms with E-state index in [1.807, 2.05) is 0 Å². The fourth-order valence-electron chi connectivity index (χ4n) is 1.96. The number of hydrogen-bond acceptors (Lipinski definition) is 6. The highest BCUT2D eigenvalue weighted by Crippen LogP contribution is 2.24. The molecule has 122 valence electrons. The normalized spacial score (nSPS) is 10.8. The molecule has 6 heteroatoms. The molecule has 1 heterocycles. The van der Waals surface area contributed by atoms with Gasteiger partial charge >= 0.3 is 11.9 Å². The molecular weight excluding hydrogens is 310 g/mol. The third-order valence-electron chi connectivity index (χ3n) is 3.12. The summed E-state index contributed by atoms with van der Waals surface area (Å²) in [5, 5.41) is 9.01. The van der Waals surface area contributed by atoms with Crippen molar-refractivity contribution in [3.8, 4) is 17.4 Å². The lowest BCUT2D eigenvalue weighted by Gasteiger charge is -2.01. The van der Waals surface area contributed by atoms with Crippen molar-refractivity contribution in [1.82, 2.24) is 0 Å². The van der Waals surface area contributed by atoms with Crippen molar-refractivity contribution in [3.63, 3.8) is 0 Å². The zero-order valence-corrected chi connectivity index (χ0v) is 13.2. The van der Waals surface area contributed by atoms with Crippen LogP contribution in [-0.4, -0.2) is 25.7 Å². The third kappa shape index (κ3) is 3.90. The zero-order chi connectivity index (χ0) is 17.5. The van der Waals surface area contributed by atoms with E-state index in [0.717, 1.165) is 5.56 Å². The highest BCUT2D eigenvalue weighted by Gasteiger charge is 2.12. The topological polar surface area (TPSA) is 89.5 Å². The molecule has 0 unspecified atom stereocenters. The van der Waals surface area contributed by atoms with Gasteiger partial charge in [-0.25, -0.2) is 9.59 Å². The Morgan fingerprint density at radius 2 is 1.92 bits per heavy atom. The molecular formula is C18H15NO5. The molecule has 0 saturated heterocycles. The molecule has 0 saturated carbocycles. The van der Waals surface area contributed by atoms with Crippen LogP contribution < -0.4 is 0 Å². The van der Waals surface area contributed by atoms with E-state index >= 15 is 0 Å². The molecule has 0 aliphatic rings. The van der Waals surface area contributed by atoms with Gasteiger partial charge in [-0.05, 0) is 31.2 Å². The number of esters is 2. The average molecular weight is 325 g/mol. The largest absolute Gasteiger partial charge is 0.465 e. The van der Waals surface area contributed by atoms with Gasteiger partial charge in [0.05, 0.1) is 19.3 Å². The first-order valence-electron chi connectivity index (χ1n) is 7.16. The molecule has 0 amide bonds. The Morgan fingerprint density at radius 3 is 2.50 bits per heavy atom. The monoisotopic (exact) mass is 325 g/mol. The summed E-state index contributed by atoms with van der Waals surface area (Å²) in [6, 6.07) is 11.8. The number of hydrogen-bond donors (Lipinski definition) is 0. The molecule has 2 aromatic rings. The number of carbonyl (C=O) groups excluding carboxylic acids is 2. The number of benzene rings is 1. The summed E-state index contributed by atoms with van der Waals surface area (Å²) in [6.07, 6.45) is 1.32. The second-order valence-corrected chi connectivity index (χ2v) is 4.66. The van der Waals surface area contributed by atoms with E-state index in [9.17, 15) is 9.59 Å². The SMILES string of the molecule is CCOC(=O)/C(C#N)=C/c1ccc(-c2ccc(C(=O)OC)cc2)o1. The van der Waals surface area contributed by atoms with Gasteiger partial charge in [-0.15, -0.1) is 0 Å². The van der Waals surface area contributed by atoms with Crippen LogP contribution in [0.5, 0.6) is 0 Å². The summed E-state index contributed by atoms with van der Waals surface area (Å²) in [5.41, 5.74) is 1.04. The molecule has 0 fully saturated rings. The number of nitriles is 1. The van der Waals surface area contributed by atoms with E-state index in [1.165, 1.54) is 13.2 Å². The summed E-state index contributed by atoms with van der Waals surface area (Å²) in [5.74, 6) is -0.219. The van der Waals surface area contributed by atoms with E-state index in [0.29, 0.717) is 17.1 Å². The second-order valence-electron chi connectivity index (χ2n) is 4.66. The number of ether oxygens (including phenoxy) is 2. The number of rotatable bonds is 5. The quantitative estimate of drug-likeness (QED) is 0.476. The predicted octanol–water partition coefficient (Wildman–Crippen LogP) is 3.20. The van der Waals surface area contributed by atoms with Crippen LogP contribution in [0.4, 0.5) is 0 Å². The Bertz CT molecular complexity index is 809. The van der Waals surface area contributed by atoms with Crippen LogP contribution in [0, 0.1) is 11.3 Å². The van der Waals surface area contributed by atoms with E-state index in [-0.39, 0.29) is 12.2 Å². The summed E-state index contributed by atoms with van der Waals surface area (Å²) in [6.45, 7) is 1.85. The van der Waals surface area contributed by atoms with Crippen molar-refractivity contribution in [2.75, 3.05) is 13.7 Å². The van der Waals surface area contributed by atoms with Gasteiger partial charge in [0, 0.05) is 11.6 Å². The first kappa shape index (κ1) is 17.0. The molecule has 6 nitrogen and oxygen atoms in total. The lowest BCUT2D eigenvalue weighted by molar-refractivity contribution is -0.137. The van der Waals surface area contributed by atoms with Crippen LogP contribution in [0.25, 0.3) is 17.4 Å². The Hall–Kier alpha value is -3.33. The molecule has 1 aromatic heterocycles. The Morgan fingerprint density at radius 1 is 1.21 bits per heavy atom. The fraction of sp³-hybridized carbons (Fsp3) is 0.167. The Balaban J connectivity index is 2.23. The maximum absolute atomic E-state index is 11.6. The maximum Gasteiger partial charge on any atom is 0.349 e. The first-order chi connectivity index (χ1) is 11.6. The predicted molar refractivity (Wildman–Crippen MR) is 85.7 cm³/mol. The molecule has 0 aliphatic carbocycles. The lowest BCUT2D eigenvalue weighted by atomic mass is 10.1. The molecule has 0 atom stereocenters. The number of methoxy groups -OCH3 is 1. The summed E-state index contributed by atoms with van der Waals surface area (Å²) < 4.78 is 15.0. The van der Waals surface area contributed by atoms with E-state index in [1.54, 1.807) is 49.4 Å². The van der Waals surface area contributed by atoms with Crippen LogP contribution >= 0.6 is 0 Å². The van der Waals surface area contributed by atoms with Crippen LogP contribution in [0.15, 0.2) is 46.4 Å². The van der Waals surface area contributed by atoms with Crippen molar-refractivity contribution in [2.24, 2.45) is 0 Å². The van der Waals surface area contributed by atoms with Gasteiger partial charge in [0.15, 0.2) is 0 Å². The van der Waals surface area contributed by atoms with Gasteiger partial charge < -0.3 is 13.9 Å². The minimum Gasteiger partial charge on any atom is -0.465 e. The first-order valence-corrected chi connectivity index (χ1v) is 7.16. The van der Waals surface area contributed by atoms with Gasteiger partial charge in [0.1, 0.15) is 23.2 Å². The number of furan rings is 1. The molecule has 0 radical (unpaired) electrons. The smallest absolute Gasteiger partial charge is 0.349 e. The summed E-state index contributed by atoms with van der Waals surface area (Å²) in [4.78, 5) is 23.0. The molecule has 24 heavy (non-hydrogen) atoms. The van der Waals surface area contributed by atoms with Crippen molar-refractivity contribution in [1.29, 1.82) is 5.26 Å². The van der Waals surface area contributed by atoms with Gasteiger partial charge in [0.2, 0.25) is 0 Å². The third-order valence-corrected chi connectivity index (χ3v) is 3.12. The van der Waals surface area contributed by atoms with Crippen LogP contribution in [0.2, 0.25) is 0 Å². The molecule has 1 aromatic carbocycles. The van der Waals surface area contributed by atoms with Crippen molar-refractivity contribution >= 4 is 18.0 Å². The summed E-state index contributed by atoms with van der Waals surface area (Å²) in [7, 11) is 1.32. The van der Waals surface area contributed by atoms with E-state index in [4.69, 9.17) is 14.4 Å². The fourth-order valence-corrected chi connectivity index (χ4v) is 1.96. The summed E-state index contributed by atoms with van der Waals surface area (Å²) >= 11 is 0. The second kappa shape index (κ2) is 7.79. The molecule has 0 aliphatic heterocycles. The maximum atomic E-state index is 11.6.